The van der Waals surface area contributed by atoms with Gasteiger partial charge in [-0.3, -0.25) is 0 Å². The molecule has 124 valence electrons. The van der Waals surface area contributed by atoms with Crippen molar-refractivity contribution < 1.29 is 23.4 Å². The zero-order valence-electron chi connectivity index (χ0n) is 12.6. The fraction of sp³-hybridized carbons (Fsp3) is 0.500. The summed E-state index contributed by atoms with van der Waals surface area (Å²) < 4.78 is 28.5. The molecule has 0 aromatic heterocycles. The highest BCUT2D eigenvalue weighted by Gasteiger charge is 2.21. The molecule has 0 heterocycles. The van der Waals surface area contributed by atoms with Gasteiger partial charge in [0.2, 0.25) is 0 Å². The Bertz CT molecular complexity index is 521. The van der Waals surface area contributed by atoms with Crippen molar-refractivity contribution >= 4 is 23.3 Å². The molecule has 2 amide bonds. The third kappa shape index (κ3) is 6.03. The number of carbonyl (C=O) groups excluding carboxylic acids is 1. The molecule has 2 N–H and O–H groups in total. The number of hydrogen-bond acceptors (Lipinski definition) is 3. The first-order chi connectivity index (χ1) is 10.1. The third-order valence-corrected chi connectivity index (χ3v) is 2.94. The highest BCUT2D eigenvalue weighted by atomic mass is 35.5. The van der Waals surface area contributed by atoms with Crippen LogP contribution in [0.4, 0.5) is 19.3 Å². The molecule has 0 aliphatic heterocycles. The molecule has 0 saturated heterocycles. The van der Waals surface area contributed by atoms with E-state index in [9.17, 15) is 18.7 Å². The lowest BCUT2D eigenvalue weighted by Crippen LogP contribution is -2.44. The van der Waals surface area contributed by atoms with Crippen LogP contribution in [0.2, 0.25) is 5.02 Å². The minimum absolute atomic E-state index is 0.0383. The Hall–Kier alpha value is -1.60. The molecule has 0 spiro atoms. The second-order valence-corrected chi connectivity index (χ2v) is 5.69. The van der Waals surface area contributed by atoms with Crippen molar-refractivity contribution in [2.45, 2.75) is 33.0 Å². The average Bonchev–Trinajstić information content (AvgIpc) is 2.37. The van der Waals surface area contributed by atoms with Crippen LogP contribution in [0.5, 0.6) is 5.75 Å². The molecular weight excluding hydrogens is 318 g/mol. The first kappa shape index (κ1) is 18.4. The van der Waals surface area contributed by atoms with Gasteiger partial charge in [0.05, 0.1) is 17.2 Å². The summed E-state index contributed by atoms with van der Waals surface area (Å²) in [6.45, 7) is 2.54. The minimum atomic E-state index is -2.97. The second-order valence-electron chi connectivity index (χ2n) is 5.28. The number of amides is 2. The van der Waals surface area contributed by atoms with Crippen LogP contribution < -0.4 is 10.1 Å². The zero-order chi connectivity index (χ0) is 16.9. The molecule has 0 radical (unpaired) electrons. The van der Waals surface area contributed by atoms with Crippen LogP contribution in [0.1, 0.15) is 20.8 Å². The van der Waals surface area contributed by atoms with E-state index in [0.717, 1.165) is 0 Å². The van der Waals surface area contributed by atoms with Crippen LogP contribution in [0.25, 0.3) is 0 Å². The monoisotopic (exact) mass is 336 g/mol. The van der Waals surface area contributed by atoms with E-state index in [1.807, 2.05) is 0 Å². The summed E-state index contributed by atoms with van der Waals surface area (Å²) in [7, 11) is 0. The number of halogens is 3. The molecule has 1 rings (SSSR count). The molecule has 0 atom stereocenters. The summed E-state index contributed by atoms with van der Waals surface area (Å²) in [6, 6.07) is 3.54. The van der Waals surface area contributed by atoms with Gasteiger partial charge in [-0.1, -0.05) is 11.6 Å². The van der Waals surface area contributed by atoms with E-state index >= 15 is 0 Å². The lowest BCUT2D eigenvalue weighted by molar-refractivity contribution is -0.0497. The third-order valence-electron chi connectivity index (χ3n) is 2.65. The molecular formula is C14H19ClF2N2O3. The number of anilines is 1. The van der Waals surface area contributed by atoms with Gasteiger partial charge in [0, 0.05) is 12.2 Å². The van der Waals surface area contributed by atoms with E-state index in [0.29, 0.717) is 12.2 Å². The van der Waals surface area contributed by atoms with Gasteiger partial charge >= 0.3 is 12.6 Å². The Morgan fingerprint density at radius 2 is 2.14 bits per heavy atom. The standard InChI is InChI=1S/C14H19ClF2N2O3/c1-4-19(8-14(2,3)21)13(20)18-9-5-6-11(10(15)7-9)22-12(16)17/h5-7,12,21H,4,8H2,1-3H3,(H,18,20). The topological polar surface area (TPSA) is 61.8 Å². The number of rotatable bonds is 6. The quantitative estimate of drug-likeness (QED) is 0.835. The number of urea groups is 1. The van der Waals surface area contributed by atoms with Crippen LogP contribution in [0.3, 0.4) is 0 Å². The Balaban J connectivity index is 2.77. The van der Waals surface area contributed by atoms with Gasteiger partial charge in [-0.05, 0) is 39.0 Å². The van der Waals surface area contributed by atoms with E-state index in [1.165, 1.54) is 23.1 Å². The van der Waals surface area contributed by atoms with Gasteiger partial charge in [0.15, 0.2) is 0 Å². The summed E-state index contributed by atoms with van der Waals surface area (Å²) in [6.07, 6.45) is 0. The zero-order valence-corrected chi connectivity index (χ0v) is 13.3. The number of benzene rings is 1. The number of nitrogens with one attached hydrogen (secondary N) is 1. The molecule has 0 unspecified atom stereocenters. The van der Waals surface area contributed by atoms with Gasteiger partial charge in [0.25, 0.3) is 0 Å². The van der Waals surface area contributed by atoms with Crippen molar-refractivity contribution in [1.82, 2.24) is 4.90 Å². The molecule has 22 heavy (non-hydrogen) atoms. The molecule has 1 aromatic carbocycles. The molecule has 0 saturated carbocycles. The highest BCUT2D eigenvalue weighted by Crippen LogP contribution is 2.29. The van der Waals surface area contributed by atoms with E-state index in [-0.39, 0.29) is 17.3 Å². The predicted octanol–water partition coefficient (Wildman–Crippen LogP) is 3.57. The second kappa shape index (κ2) is 7.60. The number of carbonyl (C=O) groups is 1. The van der Waals surface area contributed by atoms with Crippen LogP contribution in [0.15, 0.2) is 18.2 Å². The Kier molecular flexibility index (Phi) is 6.37. The smallest absolute Gasteiger partial charge is 0.387 e. The molecule has 0 fully saturated rings. The Morgan fingerprint density at radius 1 is 1.50 bits per heavy atom. The van der Waals surface area contributed by atoms with E-state index < -0.39 is 18.2 Å². The number of nitrogens with zero attached hydrogens (tertiary/aromatic N) is 1. The summed E-state index contributed by atoms with van der Waals surface area (Å²) >= 11 is 5.81. The van der Waals surface area contributed by atoms with Gasteiger partial charge in [-0.2, -0.15) is 8.78 Å². The number of aliphatic hydroxyl groups is 1. The minimum Gasteiger partial charge on any atom is -0.433 e. The average molecular weight is 337 g/mol. The summed E-state index contributed by atoms with van der Waals surface area (Å²) in [5, 5.41) is 12.3. The molecule has 0 aliphatic rings. The summed E-state index contributed by atoms with van der Waals surface area (Å²) in [4.78, 5) is 13.5. The van der Waals surface area contributed by atoms with E-state index in [1.54, 1.807) is 20.8 Å². The largest absolute Gasteiger partial charge is 0.433 e. The summed E-state index contributed by atoms with van der Waals surface area (Å²) in [5.74, 6) is -0.168. The molecule has 1 aromatic rings. The van der Waals surface area contributed by atoms with Crippen LogP contribution >= 0.6 is 11.6 Å². The van der Waals surface area contributed by atoms with Crippen molar-refractivity contribution in [3.8, 4) is 5.75 Å². The van der Waals surface area contributed by atoms with Crippen molar-refractivity contribution in [3.05, 3.63) is 23.2 Å². The van der Waals surface area contributed by atoms with Crippen molar-refractivity contribution in [1.29, 1.82) is 0 Å². The van der Waals surface area contributed by atoms with Crippen molar-refractivity contribution in [3.63, 3.8) is 0 Å². The first-order valence-corrected chi connectivity index (χ1v) is 7.03. The van der Waals surface area contributed by atoms with Crippen LogP contribution in [0, 0.1) is 0 Å². The highest BCUT2D eigenvalue weighted by molar-refractivity contribution is 6.32. The number of ether oxygens (including phenoxy) is 1. The van der Waals surface area contributed by atoms with Crippen LogP contribution in [-0.4, -0.2) is 41.3 Å². The number of likely N-dealkylation sites (N-methyl/N-ethyl adjacent to an activating group) is 1. The normalized spacial score (nSPS) is 11.5. The lowest BCUT2D eigenvalue weighted by Gasteiger charge is -2.28. The lowest BCUT2D eigenvalue weighted by atomic mass is 10.1. The predicted molar refractivity (Wildman–Crippen MR) is 80.6 cm³/mol. The van der Waals surface area contributed by atoms with Gasteiger partial charge in [0.1, 0.15) is 5.75 Å². The fourth-order valence-electron chi connectivity index (χ4n) is 1.77. The molecule has 0 aliphatic carbocycles. The van der Waals surface area contributed by atoms with Gasteiger partial charge in [-0.15, -0.1) is 0 Å². The van der Waals surface area contributed by atoms with Crippen molar-refractivity contribution in [2.75, 3.05) is 18.4 Å². The fourth-order valence-corrected chi connectivity index (χ4v) is 1.99. The maximum absolute atomic E-state index is 12.1. The maximum Gasteiger partial charge on any atom is 0.387 e. The van der Waals surface area contributed by atoms with Crippen LogP contribution in [-0.2, 0) is 0 Å². The number of hydrogen-bond donors (Lipinski definition) is 2. The first-order valence-electron chi connectivity index (χ1n) is 6.65. The van der Waals surface area contributed by atoms with Gasteiger partial charge in [-0.25, -0.2) is 4.79 Å². The SMILES string of the molecule is CCN(CC(C)(C)O)C(=O)Nc1ccc(OC(F)F)c(Cl)c1. The summed E-state index contributed by atoms with van der Waals surface area (Å²) in [5.41, 5.74) is -0.689. The Labute approximate surface area is 132 Å². The molecule has 0 bridgehead atoms. The van der Waals surface area contributed by atoms with Gasteiger partial charge < -0.3 is 20.1 Å². The van der Waals surface area contributed by atoms with E-state index in [4.69, 9.17) is 11.6 Å². The van der Waals surface area contributed by atoms with E-state index in [2.05, 4.69) is 10.1 Å². The maximum atomic E-state index is 12.1. The number of alkyl halides is 2. The molecule has 8 heteroatoms. The Morgan fingerprint density at radius 3 is 2.59 bits per heavy atom. The van der Waals surface area contributed by atoms with Crippen molar-refractivity contribution in [2.24, 2.45) is 0 Å². The molecule has 5 nitrogen and oxygen atoms in total.